The molecule has 0 fully saturated rings. The van der Waals surface area contributed by atoms with Crippen LogP contribution in [0.5, 0.6) is 0 Å². The molecule has 0 heterocycles. The lowest BCUT2D eigenvalue weighted by Gasteiger charge is -2.27. The Bertz CT molecular complexity index is 564. The summed E-state index contributed by atoms with van der Waals surface area (Å²) in [5, 5.41) is 6.45. The van der Waals surface area contributed by atoms with Crippen molar-refractivity contribution in [3.63, 3.8) is 0 Å². The molecule has 0 bridgehead atoms. The molecule has 24 heavy (non-hydrogen) atoms. The van der Waals surface area contributed by atoms with Crippen LogP contribution >= 0.6 is 23.4 Å². The normalized spacial score (nSPS) is 12.5. The van der Waals surface area contributed by atoms with E-state index >= 15 is 0 Å². The van der Waals surface area contributed by atoms with Gasteiger partial charge in [0.2, 0.25) is 11.8 Å². The van der Waals surface area contributed by atoms with E-state index in [9.17, 15) is 9.59 Å². The van der Waals surface area contributed by atoms with Crippen molar-refractivity contribution in [2.24, 2.45) is 0 Å². The quantitative estimate of drug-likeness (QED) is 0.700. The predicted molar refractivity (Wildman–Crippen MR) is 103 cm³/mol. The number of halogens is 1. The molecule has 0 aliphatic rings. The van der Waals surface area contributed by atoms with Gasteiger partial charge in [-0.3, -0.25) is 9.59 Å². The highest BCUT2D eigenvalue weighted by atomic mass is 35.5. The van der Waals surface area contributed by atoms with E-state index in [1.807, 2.05) is 30.5 Å². The zero-order valence-electron chi connectivity index (χ0n) is 14.8. The van der Waals surface area contributed by atoms with Crippen molar-refractivity contribution in [2.45, 2.75) is 45.1 Å². The van der Waals surface area contributed by atoms with Crippen molar-refractivity contribution in [3.05, 3.63) is 34.9 Å². The average Bonchev–Trinajstić information content (AvgIpc) is 2.56. The molecular formula is C18H27ClN2O2S. The summed E-state index contributed by atoms with van der Waals surface area (Å²) in [5.74, 6) is 0.575. The van der Waals surface area contributed by atoms with Crippen LogP contribution in [-0.2, 0) is 15.0 Å². The minimum Gasteiger partial charge on any atom is -0.353 e. The molecule has 1 aromatic carbocycles. The first-order chi connectivity index (χ1) is 11.3. The van der Waals surface area contributed by atoms with Crippen molar-refractivity contribution < 1.29 is 9.59 Å². The van der Waals surface area contributed by atoms with E-state index in [4.69, 9.17) is 11.6 Å². The maximum absolute atomic E-state index is 12.5. The highest BCUT2D eigenvalue weighted by molar-refractivity contribution is 7.98. The SMILES string of the molecule is CCC(=O)NC(CCSC)C(=O)NCC(C)(C)c1cccc(Cl)c1. The number of thioether (sulfide) groups is 1. The molecule has 2 amide bonds. The fraction of sp³-hybridized carbons (Fsp3) is 0.556. The topological polar surface area (TPSA) is 58.2 Å². The molecule has 0 aromatic heterocycles. The first kappa shape index (κ1) is 20.8. The van der Waals surface area contributed by atoms with Crippen LogP contribution in [0.3, 0.4) is 0 Å². The Morgan fingerprint density at radius 2 is 2.04 bits per heavy atom. The second-order valence-electron chi connectivity index (χ2n) is 6.37. The smallest absolute Gasteiger partial charge is 0.242 e. The molecular weight excluding hydrogens is 344 g/mol. The molecule has 0 radical (unpaired) electrons. The minimum absolute atomic E-state index is 0.106. The summed E-state index contributed by atoms with van der Waals surface area (Å²) in [4.78, 5) is 24.1. The molecule has 0 saturated heterocycles. The van der Waals surface area contributed by atoms with Crippen molar-refractivity contribution >= 4 is 35.2 Å². The van der Waals surface area contributed by atoms with Crippen LogP contribution in [0.4, 0.5) is 0 Å². The zero-order valence-corrected chi connectivity index (χ0v) is 16.4. The summed E-state index contributed by atoms with van der Waals surface area (Å²) in [6.07, 6.45) is 2.98. The Morgan fingerprint density at radius 1 is 1.33 bits per heavy atom. The fourth-order valence-corrected chi connectivity index (χ4v) is 2.91. The van der Waals surface area contributed by atoms with Crippen LogP contribution in [0, 0.1) is 0 Å². The number of amides is 2. The summed E-state index contributed by atoms with van der Waals surface area (Å²) in [6.45, 7) is 6.37. The predicted octanol–water partition coefficient (Wildman–Crippen LogP) is 3.38. The van der Waals surface area contributed by atoms with Crippen LogP contribution in [0.25, 0.3) is 0 Å². The summed E-state index contributed by atoms with van der Waals surface area (Å²) < 4.78 is 0. The molecule has 1 aromatic rings. The standard InChI is InChI=1S/C18H27ClN2O2S/c1-5-16(22)21-15(9-10-24-4)17(23)20-12-18(2,3)13-7-6-8-14(19)11-13/h6-8,11,15H,5,9-10,12H2,1-4H3,(H,20,23)(H,21,22). The van der Waals surface area contributed by atoms with Crippen molar-refractivity contribution in [2.75, 3.05) is 18.6 Å². The lowest BCUT2D eigenvalue weighted by atomic mass is 9.84. The summed E-state index contributed by atoms with van der Waals surface area (Å²) in [7, 11) is 0. The second-order valence-corrected chi connectivity index (χ2v) is 7.79. The van der Waals surface area contributed by atoms with Gasteiger partial charge in [0.25, 0.3) is 0 Å². The van der Waals surface area contributed by atoms with Gasteiger partial charge in [0.05, 0.1) is 0 Å². The average molecular weight is 371 g/mol. The highest BCUT2D eigenvalue weighted by Gasteiger charge is 2.25. The van der Waals surface area contributed by atoms with Gasteiger partial charge < -0.3 is 10.6 Å². The molecule has 4 nitrogen and oxygen atoms in total. The number of carbonyl (C=O) groups is 2. The highest BCUT2D eigenvalue weighted by Crippen LogP contribution is 2.24. The van der Waals surface area contributed by atoms with E-state index in [-0.39, 0.29) is 17.2 Å². The molecule has 1 unspecified atom stereocenters. The molecule has 134 valence electrons. The monoisotopic (exact) mass is 370 g/mol. The number of carbonyl (C=O) groups excluding carboxylic acids is 2. The largest absolute Gasteiger partial charge is 0.353 e. The van der Waals surface area contributed by atoms with Gasteiger partial charge in [-0.2, -0.15) is 11.8 Å². The van der Waals surface area contributed by atoms with E-state index < -0.39 is 6.04 Å². The van der Waals surface area contributed by atoms with Crippen molar-refractivity contribution in [1.29, 1.82) is 0 Å². The van der Waals surface area contributed by atoms with Gasteiger partial charge in [-0.15, -0.1) is 0 Å². The lowest BCUT2D eigenvalue weighted by Crippen LogP contribution is -2.49. The number of nitrogens with one attached hydrogen (secondary N) is 2. The zero-order chi connectivity index (χ0) is 18.2. The second kappa shape index (κ2) is 9.94. The first-order valence-corrected chi connectivity index (χ1v) is 9.89. The van der Waals surface area contributed by atoms with Gasteiger partial charge in [-0.05, 0) is 36.1 Å². The molecule has 0 aliphatic heterocycles. The lowest BCUT2D eigenvalue weighted by molar-refractivity contribution is -0.129. The summed E-state index contributed by atoms with van der Waals surface area (Å²) in [6, 6.07) is 7.17. The number of hydrogen-bond acceptors (Lipinski definition) is 3. The third-order valence-electron chi connectivity index (χ3n) is 3.89. The molecule has 6 heteroatoms. The minimum atomic E-state index is -0.486. The van der Waals surface area contributed by atoms with Crippen LogP contribution in [0.2, 0.25) is 5.02 Å². The van der Waals surface area contributed by atoms with E-state index in [0.29, 0.717) is 24.4 Å². The van der Waals surface area contributed by atoms with Crippen LogP contribution in [-0.4, -0.2) is 36.4 Å². The van der Waals surface area contributed by atoms with E-state index in [1.54, 1.807) is 18.7 Å². The first-order valence-electron chi connectivity index (χ1n) is 8.12. The fourth-order valence-electron chi connectivity index (χ4n) is 2.24. The Hall–Kier alpha value is -1.20. The van der Waals surface area contributed by atoms with Gasteiger partial charge in [-0.1, -0.05) is 44.5 Å². The Morgan fingerprint density at radius 3 is 2.62 bits per heavy atom. The van der Waals surface area contributed by atoms with Gasteiger partial charge in [0.15, 0.2) is 0 Å². The van der Waals surface area contributed by atoms with Gasteiger partial charge >= 0.3 is 0 Å². The maximum Gasteiger partial charge on any atom is 0.242 e. The van der Waals surface area contributed by atoms with E-state index in [2.05, 4.69) is 24.5 Å². The Balaban J connectivity index is 2.70. The van der Waals surface area contributed by atoms with Crippen LogP contribution in [0.15, 0.2) is 24.3 Å². The molecule has 0 aliphatic carbocycles. The summed E-state index contributed by atoms with van der Waals surface area (Å²) in [5.41, 5.74) is 0.813. The molecule has 1 rings (SSSR count). The van der Waals surface area contributed by atoms with Crippen molar-refractivity contribution in [1.82, 2.24) is 10.6 Å². The van der Waals surface area contributed by atoms with Crippen molar-refractivity contribution in [3.8, 4) is 0 Å². The third kappa shape index (κ3) is 6.73. The van der Waals surface area contributed by atoms with E-state index in [1.165, 1.54) is 0 Å². The Labute approximate surface area is 154 Å². The third-order valence-corrected chi connectivity index (χ3v) is 4.77. The Kier molecular flexibility index (Phi) is 8.63. The van der Waals surface area contributed by atoms with Crippen LogP contribution < -0.4 is 10.6 Å². The van der Waals surface area contributed by atoms with Crippen LogP contribution in [0.1, 0.15) is 39.2 Å². The molecule has 0 spiro atoms. The number of benzene rings is 1. The molecule has 2 N–H and O–H groups in total. The maximum atomic E-state index is 12.5. The summed E-state index contributed by atoms with van der Waals surface area (Å²) >= 11 is 7.72. The number of rotatable bonds is 9. The van der Waals surface area contributed by atoms with Gasteiger partial charge in [0, 0.05) is 23.4 Å². The van der Waals surface area contributed by atoms with Gasteiger partial charge in [-0.25, -0.2) is 0 Å². The van der Waals surface area contributed by atoms with E-state index in [0.717, 1.165) is 11.3 Å². The molecule has 1 atom stereocenters. The molecule has 0 saturated carbocycles. The number of hydrogen-bond donors (Lipinski definition) is 2. The van der Waals surface area contributed by atoms with Gasteiger partial charge in [0.1, 0.15) is 6.04 Å².